The van der Waals surface area contributed by atoms with Crippen molar-refractivity contribution in [3.63, 3.8) is 0 Å². The van der Waals surface area contributed by atoms with Gasteiger partial charge in [-0.05, 0) is 33.5 Å². The molecule has 0 aliphatic carbocycles. The van der Waals surface area contributed by atoms with Crippen molar-refractivity contribution in [1.82, 2.24) is 4.90 Å². The molecule has 0 aliphatic rings. The molecule has 0 bridgehead atoms. The summed E-state index contributed by atoms with van der Waals surface area (Å²) in [5.41, 5.74) is 0. The normalized spacial score (nSPS) is 10.6. The molecule has 0 spiro atoms. The van der Waals surface area contributed by atoms with Crippen LogP contribution in [-0.2, 0) is 4.79 Å². The van der Waals surface area contributed by atoms with Gasteiger partial charge in [-0.3, -0.25) is 4.79 Å². The molecule has 0 aromatic rings. The van der Waals surface area contributed by atoms with Crippen molar-refractivity contribution in [2.45, 2.75) is 32.1 Å². The van der Waals surface area contributed by atoms with Gasteiger partial charge in [0.1, 0.15) is 6.21 Å². The maximum absolute atomic E-state index is 10.9. The molecule has 0 heterocycles. The van der Waals surface area contributed by atoms with Crippen molar-refractivity contribution in [1.29, 1.82) is 0 Å². The van der Waals surface area contributed by atoms with E-state index in [1.807, 2.05) is 0 Å². The van der Waals surface area contributed by atoms with E-state index >= 15 is 0 Å². The van der Waals surface area contributed by atoms with Crippen LogP contribution in [0.1, 0.15) is 32.1 Å². The van der Waals surface area contributed by atoms with E-state index < -0.39 is 0 Å². The molecule has 4 nitrogen and oxygen atoms in total. The highest BCUT2D eigenvalue weighted by molar-refractivity contribution is 6.27. The molecule has 0 fully saturated rings. The second kappa shape index (κ2) is 11.5. The summed E-state index contributed by atoms with van der Waals surface area (Å²) in [5, 5.41) is 10.8. The third-order valence-electron chi connectivity index (χ3n) is 1.98. The van der Waals surface area contributed by atoms with E-state index in [0.717, 1.165) is 32.0 Å². The molecule has 0 saturated heterocycles. The lowest BCUT2D eigenvalue weighted by Gasteiger charge is -2.07. The average molecular weight is 237 g/mol. The summed E-state index contributed by atoms with van der Waals surface area (Å²) in [6, 6.07) is 0. The van der Waals surface area contributed by atoms with Crippen molar-refractivity contribution < 1.29 is 10.0 Å². The van der Waals surface area contributed by atoms with Crippen molar-refractivity contribution in [3.05, 3.63) is 0 Å². The third-order valence-corrected chi connectivity index (χ3v) is 1.98. The molecule has 15 heavy (non-hydrogen) atoms. The van der Waals surface area contributed by atoms with Gasteiger partial charge in [0, 0.05) is 6.42 Å². The Kier molecular flexibility index (Phi) is 12.8. The maximum atomic E-state index is 10.9. The highest BCUT2D eigenvalue weighted by atomic mass is 35.5. The number of hydrogen-bond donors (Lipinski definition) is 1. The quantitative estimate of drug-likeness (QED) is 0.303. The number of unbranched alkanes of at least 4 members (excludes halogenated alkanes) is 3. The van der Waals surface area contributed by atoms with Gasteiger partial charge in [0.15, 0.2) is 5.78 Å². The van der Waals surface area contributed by atoms with Gasteiger partial charge in [0.2, 0.25) is 0 Å². The minimum atomic E-state index is -0.0971. The Bertz CT molecular complexity index is 184. The van der Waals surface area contributed by atoms with E-state index in [0.29, 0.717) is 6.42 Å². The SMILES string of the molecule is CN(C)CCCCCCC(=O)/C=N/O.Cl. The minimum Gasteiger partial charge on any atom is -0.411 e. The molecule has 0 amide bonds. The second-order valence-corrected chi connectivity index (χ2v) is 3.68. The largest absolute Gasteiger partial charge is 0.411 e. The molecule has 0 aromatic carbocycles. The van der Waals surface area contributed by atoms with Gasteiger partial charge in [-0.2, -0.15) is 0 Å². The van der Waals surface area contributed by atoms with E-state index in [9.17, 15) is 4.79 Å². The van der Waals surface area contributed by atoms with Crippen LogP contribution in [0.4, 0.5) is 0 Å². The molecule has 0 aliphatic heterocycles. The Morgan fingerprint density at radius 1 is 1.27 bits per heavy atom. The Labute approximate surface area is 97.7 Å². The first-order valence-corrected chi connectivity index (χ1v) is 5.02. The zero-order valence-corrected chi connectivity index (χ0v) is 10.3. The molecular formula is C10H21ClN2O2. The lowest BCUT2D eigenvalue weighted by Crippen LogP contribution is -2.12. The number of oxime groups is 1. The third kappa shape index (κ3) is 13.4. The van der Waals surface area contributed by atoms with Gasteiger partial charge in [0.05, 0.1) is 0 Å². The van der Waals surface area contributed by atoms with Crippen LogP contribution in [0.2, 0.25) is 0 Å². The van der Waals surface area contributed by atoms with Crippen molar-refractivity contribution >= 4 is 24.4 Å². The van der Waals surface area contributed by atoms with Gasteiger partial charge in [-0.1, -0.05) is 18.0 Å². The first kappa shape index (κ1) is 16.8. The summed E-state index contributed by atoms with van der Waals surface area (Å²) >= 11 is 0. The van der Waals surface area contributed by atoms with Gasteiger partial charge < -0.3 is 10.1 Å². The van der Waals surface area contributed by atoms with Crippen LogP contribution >= 0.6 is 12.4 Å². The molecule has 0 unspecified atom stereocenters. The van der Waals surface area contributed by atoms with Gasteiger partial charge >= 0.3 is 0 Å². The smallest absolute Gasteiger partial charge is 0.177 e. The summed E-state index contributed by atoms with van der Waals surface area (Å²) in [4.78, 5) is 13.0. The van der Waals surface area contributed by atoms with E-state index in [1.165, 1.54) is 6.42 Å². The highest BCUT2D eigenvalue weighted by Crippen LogP contribution is 2.03. The molecule has 90 valence electrons. The molecular weight excluding hydrogens is 216 g/mol. The Morgan fingerprint density at radius 3 is 2.40 bits per heavy atom. The number of carbonyl (C=O) groups excluding carboxylic acids is 1. The van der Waals surface area contributed by atoms with Crippen molar-refractivity contribution in [2.75, 3.05) is 20.6 Å². The number of ketones is 1. The monoisotopic (exact) mass is 236 g/mol. The number of rotatable bonds is 8. The van der Waals surface area contributed by atoms with Crippen molar-refractivity contribution in [2.24, 2.45) is 5.16 Å². The van der Waals surface area contributed by atoms with Crippen LogP contribution in [0.5, 0.6) is 0 Å². The summed E-state index contributed by atoms with van der Waals surface area (Å²) < 4.78 is 0. The second-order valence-electron chi connectivity index (χ2n) is 3.68. The fourth-order valence-corrected chi connectivity index (χ4v) is 1.21. The number of carbonyl (C=O) groups is 1. The predicted octanol–water partition coefficient (Wildman–Crippen LogP) is 1.95. The van der Waals surface area contributed by atoms with Gasteiger partial charge in [0.25, 0.3) is 0 Å². The minimum absolute atomic E-state index is 0. The van der Waals surface area contributed by atoms with Crippen LogP contribution in [0.25, 0.3) is 0 Å². The number of halogens is 1. The highest BCUT2D eigenvalue weighted by Gasteiger charge is 1.97. The summed E-state index contributed by atoms with van der Waals surface area (Å²) in [6.45, 7) is 1.10. The number of nitrogens with zero attached hydrogens (tertiary/aromatic N) is 2. The Morgan fingerprint density at radius 2 is 1.87 bits per heavy atom. The summed E-state index contributed by atoms with van der Waals surface area (Å²) in [5.74, 6) is -0.0971. The zero-order valence-electron chi connectivity index (χ0n) is 9.48. The van der Waals surface area contributed by atoms with Crippen LogP contribution in [0, 0.1) is 0 Å². The molecule has 1 N–H and O–H groups in total. The first-order chi connectivity index (χ1) is 6.66. The molecule has 0 atom stereocenters. The molecule has 5 heteroatoms. The maximum Gasteiger partial charge on any atom is 0.177 e. The Balaban J connectivity index is 0. The predicted molar refractivity (Wildman–Crippen MR) is 64.2 cm³/mol. The molecule has 0 radical (unpaired) electrons. The average Bonchev–Trinajstić information content (AvgIpc) is 2.11. The fraction of sp³-hybridized carbons (Fsp3) is 0.800. The molecule has 0 rings (SSSR count). The van der Waals surface area contributed by atoms with Gasteiger partial charge in [-0.15, -0.1) is 12.4 Å². The van der Waals surface area contributed by atoms with E-state index in [4.69, 9.17) is 5.21 Å². The van der Waals surface area contributed by atoms with Crippen molar-refractivity contribution in [3.8, 4) is 0 Å². The zero-order chi connectivity index (χ0) is 10.8. The van der Waals surface area contributed by atoms with Crippen LogP contribution in [-0.4, -0.2) is 42.7 Å². The lowest BCUT2D eigenvalue weighted by molar-refractivity contribution is -0.112. The first-order valence-electron chi connectivity index (χ1n) is 5.02. The van der Waals surface area contributed by atoms with Crippen LogP contribution in [0.3, 0.4) is 0 Å². The van der Waals surface area contributed by atoms with Crippen LogP contribution < -0.4 is 0 Å². The Hall–Kier alpha value is -0.610. The van der Waals surface area contributed by atoms with E-state index in [1.54, 1.807) is 0 Å². The van der Waals surface area contributed by atoms with E-state index in [2.05, 4.69) is 24.2 Å². The molecule has 0 aromatic heterocycles. The summed E-state index contributed by atoms with van der Waals surface area (Å²) in [7, 11) is 4.11. The standard InChI is InChI=1S/C10H20N2O2.ClH/c1-12(2)8-6-4-3-5-7-10(13)9-11-14;/h9,14H,3-8H2,1-2H3;1H/b11-9+;. The number of hydrogen-bond acceptors (Lipinski definition) is 4. The van der Waals surface area contributed by atoms with Gasteiger partial charge in [-0.25, -0.2) is 0 Å². The molecule has 0 saturated carbocycles. The topological polar surface area (TPSA) is 52.9 Å². The summed E-state index contributed by atoms with van der Waals surface area (Å²) in [6.07, 6.45) is 5.75. The lowest BCUT2D eigenvalue weighted by atomic mass is 10.1. The van der Waals surface area contributed by atoms with Crippen LogP contribution in [0.15, 0.2) is 5.16 Å². The number of Topliss-reactive ketones (excluding diaryl/α,β-unsaturated/α-hetero) is 1. The van der Waals surface area contributed by atoms with E-state index in [-0.39, 0.29) is 18.2 Å². The fourth-order valence-electron chi connectivity index (χ4n) is 1.21.